The van der Waals surface area contributed by atoms with Gasteiger partial charge in [0.25, 0.3) is 0 Å². The highest BCUT2D eigenvalue weighted by atomic mass is 19.1. The van der Waals surface area contributed by atoms with Gasteiger partial charge in [0, 0.05) is 0 Å². The maximum Gasteiger partial charge on any atom is 0.143 e. The number of rotatable bonds is 2. The number of epoxide rings is 1. The van der Waals surface area contributed by atoms with Gasteiger partial charge in [-0.1, -0.05) is 17.6 Å². The molecule has 1 unspecified atom stereocenters. The molecule has 0 aliphatic carbocycles. The van der Waals surface area contributed by atoms with E-state index in [1.165, 1.54) is 6.07 Å². The molecule has 0 amide bonds. The summed E-state index contributed by atoms with van der Waals surface area (Å²) in [5.74, 6) is -0.193. The average molecular weight is 193 g/mol. The highest BCUT2D eigenvalue weighted by Crippen LogP contribution is 2.30. The molecule has 1 aliphatic rings. The van der Waals surface area contributed by atoms with Crippen molar-refractivity contribution in [2.45, 2.75) is 18.6 Å². The van der Waals surface area contributed by atoms with Gasteiger partial charge in [-0.25, -0.2) is 4.39 Å². The minimum absolute atomic E-state index is 0.0763. The van der Waals surface area contributed by atoms with Gasteiger partial charge in [-0.05, 0) is 18.6 Å². The third-order valence-electron chi connectivity index (χ3n) is 2.78. The molecule has 2 nitrogen and oxygen atoms in total. The molecule has 1 heterocycles. The Kier molecular flexibility index (Phi) is 2.12. The minimum atomic E-state index is -0.502. The lowest BCUT2D eigenvalue weighted by Gasteiger charge is -2.23. The highest BCUT2D eigenvalue weighted by molar-refractivity contribution is 6.32. The third-order valence-corrected chi connectivity index (χ3v) is 2.78. The molecule has 2 N–H and O–H groups in total. The zero-order valence-electron chi connectivity index (χ0n) is 8.38. The molecule has 0 spiro atoms. The average Bonchev–Trinajstić information content (AvgIpc) is 2.92. The highest BCUT2D eigenvalue weighted by Gasteiger charge is 2.41. The number of ether oxygens (including phenoxy) is 1. The number of hydrogen-bond donors (Lipinski definition) is 1. The smallest absolute Gasteiger partial charge is 0.143 e. The van der Waals surface area contributed by atoms with Gasteiger partial charge in [0.15, 0.2) is 0 Å². The van der Waals surface area contributed by atoms with Crippen LogP contribution in [0.3, 0.4) is 0 Å². The van der Waals surface area contributed by atoms with Crippen LogP contribution in [-0.4, -0.2) is 20.6 Å². The van der Waals surface area contributed by atoms with Crippen LogP contribution < -0.4 is 11.2 Å². The summed E-state index contributed by atoms with van der Waals surface area (Å²) in [5, 5.41) is 0. The molecule has 0 saturated carbocycles. The summed E-state index contributed by atoms with van der Waals surface area (Å²) in [6, 6.07) is 4.97. The first-order valence-electron chi connectivity index (χ1n) is 4.69. The molecular weight excluding hydrogens is 180 g/mol. The van der Waals surface area contributed by atoms with Crippen molar-refractivity contribution < 1.29 is 9.13 Å². The van der Waals surface area contributed by atoms with Gasteiger partial charge in [-0.2, -0.15) is 0 Å². The molecule has 1 aliphatic heterocycles. The number of nitrogens with two attached hydrogens (primary N) is 1. The molecular formula is C10H13BFNO. The Hall–Kier alpha value is -0.865. The van der Waals surface area contributed by atoms with Gasteiger partial charge in [-0.15, -0.1) is 0 Å². The fourth-order valence-electron chi connectivity index (χ4n) is 1.56. The molecule has 1 saturated heterocycles. The van der Waals surface area contributed by atoms with Crippen molar-refractivity contribution in [3.8, 4) is 0 Å². The summed E-state index contributed by atoms with van der Waals surface area (Å²) in [4.78, 5) is 0. The van der Waals surface area contributed by atoms with Crippen LogP contribution in [0.5, 0.6) is 0 Å². The molecule has 2 rings (SSSR count). The van der Waals surface area contributed by atoms with E-state index < -0.39 is 5.54 Å². The van der Waals surface area contributed by atoms with E-state index in [9.17, 15) is 4.39 Å². The Morgan fingerprint density at radius 2 is 2.29 bits per heavy atom. The standard InChI is InChI=1S/C10H13BFNO/c1-10(13,9-5-14-9)6-2-3-8(12)7(11)4-6/h2-4,9H,5,11,13H2,1H3/t9-,10?/m0/s1. The van der Waals surface area contributed by atoms with E-state index in [1.54, 1.807) is 20.0 Å². The maximum atomic E-state index is 13.0. The monoisotopic (exact) mass is 193 g/mol. The van der Waals surface area contributed by atoms with Crippen molar-refractivity contribution in [2.24, 2.45) is 5.73 Å². The van der Waals surface area contributed by atoms with E-state index in [4.69, 9.17) is 10.5 Å². The van der Waals surface area contributed by atoms with Gasteiger partial charge >= 0.3 is 0 Å². The second-order valence-corrected chi connectivity index (χ2v) is 4.07. The largest absolute Gasteiger partial charge is 0.371 e. The zero-order valence-corrected chi connectivity index (χ0v) is 8.38. The lowest BCUT2D eigenvalue weighted by atomic mass is 9.85. The molecule has 2 atom stereocenters. The molecule has 0 aromatic heterocycles. The second-order valence-electron chi connectivity index (χ2n) is 4.07. The van der Waals surface area contributed by atoms with Gasteiger partial charge in [0.2, 0.25) is 0 Å². The molecule has 1 aromatic carbocycles. The minimum Gasteiger partial charge on any atom is -0.371 e. The van der Waals surface area contributed by atoms with Crippen molar-refractivity contribution in [1.82, 2.24) is 0 Å². The first kappa shape index (κ1) is 9.68. The molecule has 1 aromatic rings. The Labute approximate surface area is 83.7 Å². The predicted molar refractivity (Wildman–Crippen MR) is 55.9 cm³/mol. The van der Waals surface area contributed by atoms with Crippen molar-refractivity contribution in [3.63, 3.8) is 0 Å². The van der Waals surface area contributed by atoms with Crippen LogP contribution in [0.4, 0.5) is 4.39 Å². The van der Waals surface area contributed by atoms with E-state index >= 15 is 0 Å². The van der Waals surface area contributed by atoms with Crippen LogP contribution in [0, 0.1) is 5.82 Å². The molecule has 0 radical (unpaired) electrons. The van der Waals surface area contributed by atoms with E-state index in [0.29, 0.717) is 12.1 Å². The first-order chi connectivity index (χ1) is 6.51. The quantitative estimate of drug-likeness (QED) is 0.515. The van der Waals surface area contributed by atoms with Crippen LogP contribution in [0.25, 0.3) is 0 Å². The van der Waals surface area contributed by atoms with Gasteiger partial charge in [-0.3, -0.25) is 0 Å². The SMILES string of the molecule is Bc1cc(C(C)(N)[C@@H]2CO2)ccc1F. The van der Waals surface area contributed by atoms with Crippen LogP contribution in [0.2, 0.25) is 0 Å². The fraction of sp³-hybridized carbons (Fsp3) is 0.400. The van der Waals surface area contributed by atoms with Crippen molar-refractivity contribution in [3.05, 3.63) is 29.6 Å². The Balaban J connectivity index is 2.36. The van der Waals surface area contributed by atoms with Crippen molar-refractivity contribution in [2.75, 3.05) is 6.61 Å². The second kappa shape index (κ2) is 3.07. The molecule has 1 fully saturated rings. The summed E-state index contributed by atoms with van der Waals surface area (Å²) >= 11 is 0. The van der Waals surface area contributed by atoms with E-state index in [2.05, 4.69) is 0 Å². The van der Waals surface area contributed by atoms with Crippen LogP contribution in [0.1, 0.15) is 12.5 Å². The Bertz CT molecular complexity index is 363. The molecule has 74 valence electrons. The summed E-state index contributed by atoms with van der Waals surface area (Å²) in [6.07, 6.45) is 0.0763. The first-order valence-corrected chi connectivity index (χ1v) is 4.69. The van der Waals surface area contributed by atoms with Gasteiger partial charge < -0.3 is 10.5 Å². The zero-order chi connectivity index (χ0) is 10.3. The predicted octanol–water partition coefficient (Wildman–Crippen LogP) is -0.343. The van der Waals surface area contributed by atoms with Gasteiger partial charge in [0.1, 0.15) is 19.8 Å². The van der Waals surface area contributed by atoms with Gasteiger partial charge in [0.05, 0.1) is 12.1 Å². The lowest BCUT2D eigenvalue weighted by molar-refractivity contribution is 0.307. The maximum absolute atomic E-state index is 13.0. The summed E-state index contributed by atoms with van der Waals surface area (Å²) < 4.78 is 18.2. The fourth-order valence-corrected chi connectivity index (χ4v) is 1.56. The van der Waals surface area contributed by atoms with E-state index in [-0.39, 0.29) is 11.9 Å². The molecule has 14 heavy (non-hydrogen) atoms. The number of hydrogen-bond acceptors (Lipinski definition) is 2. The third kappa shape index (κ3) is 1.55. The normalized spacial score (nSPS) is 24.4. The molecule has 4 heteroatoms. The van der Waals surface area contributed by atoms with Crippen LogP contribution in [-0.2, 0) is 10.3 Å². The summed E-state index contributed by atoms with van der Waals surface area (Å²) in [6.45, 7) is 2.61. The van der Waals surface area contributed by atoms with Crippen molar-refractivity contribution >= 4 is 13.3 Å². The van der Waals surface area contributed by atoms with E-state index in [1.807, 2.05) is 6.92 Å². The topological polar surface area (TPSA) is 38.5 Å². The lowest BCUT2D eigenvalue weighted by Crippen LogP contribution is -2.39. The Morgan fingerprint density at radius 1 is 1.64 bits per heavy atom. The molecule has 0 bridgehead atoms. The van der Waals surface area contributed by atoms with E-state index in [0.717, 1.165) is 5.56 Å². The van der Waals surface area contributed by atoms with Crippen molar-refractivity contribution in [1.29, 1.82) is 0 Å². The summed E-state index contributed by atoms with van der Waals surface area (Å²) in [5.41, 5.74) is 7.17. The van der Waals surface area contributed by atoms with Crippen LogP contribution in [0.15, 0.2) is 18.2 Å². The number of halogens is 1. The Morgan fingerprint density at radius 3 is 2.79 bits per heavy atom. The number of benzene rings is 1. The summed E-state index contributed by atoms with van der Waals surface area (Å²) in [7, 11) is 1.74. The van der Waals surface area contributed by atoms with Crippen LogP contribution >= 0.6 is 0 Å².